The van der Waals surface area contributed by atoms with E-state index in [4.69, 9.17) is 20.8 Å². The molecule has 0 atom stereocenters. The second-order valence-electron chi connectivity index (χ2n) is 5.74. The summed E-state index contributed by atoms with van der Waals surface area (Å²) < 4.78 is 50.0. The normalized spacial score (nSPS) is 11.3. The number of benzene rings is 2. The molecule has 0 radical (unpaired) electrons. The van der Waals surface area contributed by atoms with Crippen molar-refractivity contribution >= 4 is 23.2 Å². The number of hydrogen-bond acceptors (Lipinski definition) is 3. The average molecular weight is 410 g/mol. The highest BCUT2D eigenvalue weighted by molar-refractivity contribution is 6.31. The fourth-order valence-electron chi connectivity index (χ4n) is 2.55. The minimum atomic E-state index is -4.59. The van der Waals surface area contributed by atoms with Gasteiger partial charge < -0.3 is 14.5 Å². The number of nitrogens with one attached hydrogen (secondary N) is 1. The van der Waals surface area contributed by atoms with Crippen molar-refractivity contribution in [1.29, 1.82) is 0 Å². The van der Waals surface area contributed by atoms with Crippen molar-refractivity contribution < 1.29 is 27.1 Å². The van der Waals surface area contributed by atoms with Crippen LogP contribution in [0.2, 0.25) is 5.02 Å². The summed E-state index contributed by atoms with van der Waals surface area (Å²) in [5.41, 5.74) is -0.358. The van der Waals surface area contributed by atoms with Gasteiger partial charge in [-0.1, -0.05) is 23.7 Å². The number of carbonyl (C=O) groups is 1. The Kier molecular flexibility index (Phi) is 5.65. The van der Waals surface area contributed by atoms with Crippen LogP contribution in [0.15, 0.2) is 59.0 Å². The summed E-state index contributed by atoms with van der Waals surface area (Å²) in [4.78, 5) is 12.4. The summed E-state index contributed by atoms with van der Waals surface area (Å²) >= 11 is 5.63. The summed E-state index contributed by atoms with van der Waals surface area (Å²) in [5.74, 6) is 0.0104. The molecule has 0 bridgehead atoms. The molecule has 28 heavy (non-hydrogen) atoms. The Bertz CT molecular complexity index is 998. The van der Waals surface area contributed by atoms with E-state index in [9.17, 15) is 18.0 Å². The molecule has 4 nitrogen and oxygen atoms in total. The quantitative estimate of drug-likeness (QED) is 0.540. The smallest absolute Gasteiger partial charge is 0.417 e. The lowest BCUT2D eigenvalue weighted by Crippen LogP contribution is -2.12. The van der Waals surface area contributed by atoms with Gasteiger partial charge in [0, 0.05) is 5.56 Å². The maximum Gasteiger partial charge on any atom is 0.417 e. The predicted octanol–water partition coefficient (Wildman–Crippen LogP) is 6.27. The molecule has 3 rings (SSSR count). The van der Waals surface area contributed by atoms with Gasteiger partial charge in [-0.3, -0.25) is 4.79 Å². The van der Waals surface area contributed by atoms with E-state index in [1.54, 1.807) is 24.3 Å². The van der Waals surface area contributed by atoms with Crippen molar-refractivity contribution in [2.45, 2.75) is 13.1 Å². The standard InChI is InChI=1S/C20H15ClF3NO3/c1-2-27-17-6-4-3-5-15(17)25-19(26)18-10-9-16(28-18)12-7-8-14(21)13(11-12)20(22,23)24/h3-11H,2H2,1H3,(H,25,26). The number of anilines is 1. The third-order valence-electron chi connectivity index (χ3n) is 3.82. The molecule has 0 aliphatic carbocycles. The van der Waals surface area contributed by atoms with E-state index in [2.05, 4.69) is 5.32 Å². The molecule has 146 valence electrons. The van der Waals surface area contributed by atoms with Gasteiger partial charge in [-0.2, -0.15) is 13.2 Å². The first-order valence-corrected chi connectivity index (χ1v) is 8.67. The Balaban J connectivity index is 1.84. The SMILES string of the molecule is CCOc1ccccc1NC(=O)c1ccc(-c2ccc(Cl)c(C(F)(F)F)c2)o1. The molecule has 0 saturated carbocycles. The van der Waals surface area contributed by atoms with Crippen molar-refractivity contribution in [2.75, 3.05) is 11.9 Å². The minimum Gasteiger partial charge on any atom is -0.492 e. The van der Waals surface area contributed by atoms with Gasteiger partial charge in [0.2, 0.25) is 0 Å². The summed E-state index contributed by atoms with van der Waals surface area (Å²) in [6.07, 6.45) is -4.59. The zero-order valence-corrected chi connectivity index (χ0v) is 15.4. The molecular formula is C20H15ClF3NO3. The van der Waals surface area contributed by atoms with Gasteiger partial charge >= 0.3 is 6.18 Å². The van der Waals surface area contributed by atoms with Crippen LogP contribution in [0.25, 0.3) is 11.3 Å². The van der Waals surface area contributed by atoms with Crippen molar-refractivity contribution in [3.8, 4) is 17.1 Å². The number of furan rings is 1. The Labute approximate surface area is 163 Å². The van der Waals surface area contributed by atoms with E-state index >= 15 is 0 Å². The molecule has 0 fully saturated rings. The van der Waals surface area contributed by atoms with Crippen LogP contribution in [-0.2, 0) is 6.18 Å². The van der Waals surface area contributed by atoms with Crippen LogP contribution in [0, 0.1) is 0 Å². The van der Waals surface area contributed by atoms with Crippen molar-refractivity contribution in [3.05, 3.63) is 70.9 Å². The van der Waals surface area contributed by atoms with Crippen LogP contribution in [0.1, 0.15) is 23.0 Å². The highest BCUT2D eigenvalue weighted by Gasteiger charge is 2.33. The second kappa shape index (κ2) is 7.98. The molecule has 3 aromatic rings. The molecule has 1 aromatic heterocycles. The van der Waals surface area contributed by atoms with Crippen LogP contribution >= 0.6 is 11.6 Å². The summed E-state index contributed by atoms with van der Waals surface area (Å²) in [6.45, 7) is 2.24. The third-order valence-corrected chi connectivity index (χ3v) is 4.15. The second-order valence-corrected chi connectivity index (χ2v) is 6.15. The molecule has 2 aromatic carbocycles. The molecule has 0 spiro atoms. The van der Waals surface area contributed by atoms with E-state index < -0.39 is 22.7 Å². The third kappa shape index (κ3) is 4.31. The molecule has 8 heteroatoms. The monoisotopic (exact) mass is 409 g/mol. The number of carbonyl (C=O) groups excluding carboxylic acids is 1. The van der Waals surface area contributed by atoms with Crippen LogP contribution < -0.4 is 10.1 Å². The van der Waals surface area contributed by atoms with E-state index in [0.717, 1.165) is 12.1 Å². The van der Waals surface area contributed by atoms with E-state index in [0.29, 0.717) is 18.0 Å². The fourth-order valence-corrected chi connectivity index (χ4v) is 2.77. The van der Waals surface area contributed by atoms with E-state index in [-0.39, 0.29) is 17.1 Å². The number of amides is 1. The maximum atomic E-state index is 13.0. The minimum absolute atomic E-state index is 0.0511. The predicted molar refractivity (Wildman–Crippen MR) is 99.7 cm³/mol. The molecule has 0 unspecified atom stereocenters. The van der Waals surface area contributed by atoms with Crippen molar-refractivity contribution in [2.24, 2.45) is 0 Å². The van der Waals surface area contributed by atoms with Gasteiger partial charge in [0.1, 0.15) is 11.5 Å². The molecule has 1 amide bonds. The van der Waals surface area contributed by atoms with E-state index in [1.807, 2.05) is 6.92 Å². The first-order chi connectivity index (χ1) is 13.3. The van der Waals surface area contributed by atoms with Gasteiger partial charge in [0.05, 0.1) is 22.9 Å². The topological polar surface area (TPSA) is 51.5 Å². The average Bonchev–Trinajstić information content (AvgIpc) is 3.13. The lowest BCUT2D eigenvalue weighted by atomic mass is 10.1. The molecule has 1 heterocycles. The largest absolute Gasteiger partial charge is 0.492 e. The van der Waals surface area contributed by atoms with Crippen LogP contribution in [0.4, 0.5) is 18.9 Å². The number of rotatable bonds is 5. The lowest BCUT2D eigenvalue weighted by molar-refractivity contribution is -0.137. The number of ether oxygens (including phenoxy) is 1. The number of hydrogen-bond donors (Lipinski definition) is 1. The van der Waals surface area contributed by atoms with Crippen molar-refractivity contribution in [3.63, 3.8) is 0 Å². The van der Waals surface area contributed by atoms with Crippen molar-refractivity contribution in [1.82, 2.24) is 0 Å². The molecular weight excluding hydrogens is 395 g/mol. The number of alkyl halides is 3. The Morgan fingerprint density at radius 3 is 2.61 bits per heavy atom. The van der Waals surface area contributed by atoms with Crippen LogP contribution in [0.3, 0.4) is 0 Å². The first-order valence-electron chi connectivity index (χ1n) is 8.29. The van der Waals surface area contributed by atoms with Crippen LogP contribution in [0.5, 0.6) is 5.75 Å². The summed E-state index contributed by atoms with van der Waals surface area (Å²) in [6, 6.07) is 13.1. The highest BCUT2D eigenvalue weighted by Crippen LogP contribution is 2.37. The lowest BCUT2D eigenvalue weighted by Gasteiger charge is -2.10. The molecule has 0 saturated heterocycles. The maximum absolute atomic E-state index is 13.0. The first kappa shape index (κ1) is 19.8. The van der Waals surface area contributed by atoms with Gasteiger partial charge in [-0.15, -0.1) is 0 Å². The Hall–Kier alpha value is -2.93. The van der Waals surface area contributed by atoms with Gasteiger partial charge in [-0.05, 0) is 49.4 Å². The molecule has 1 N–H and O–H groups in total. The summed E-state index contributed by atoms with van der Waals surface area (Å²) in [7, 11) is 0. The zero-order valence-electron chi connectivity index (χ0n) is 14.6. The van der Waals surface area contributed by atoms with E-state index in [1.165, 1.54) is 18.2 Å². The fraction of sp³-hybridized carbons (Fsp3) is 0.150. The Morgan fingerprint density at radius 1 is 1.14 bits per heavy atom. The molecule has 0 aliphatic rings. The number of para-hydroxylation sites is 2. The van der Waals surface area contributed by atoms with Gasteiger partial charge in [-0.25, -0.2) is 0 Å². The zero-order chi connectivity index (χ0) is 20.3. The molecule has 0 aliphatic heterocycles. The highest BCUT2D eigenvalue weighted by atomic mass is 35.5. The van der Waals surface area contributed by atoms with Crippen LogP contribution in [-0.4, -0.2) is 12.5 Å². The van der Waals surface area contributed by atoms with Gasteiger partial charge in [0.15, 0.2) is 5.76 Å². The Morgan fingerprint density at radius 2 is 1.89 bits per heavy atom. The summed E-state index contributed by atoms with van der Waals surface area (Å²) in [5, 5.41) is 2.25. The number of halogens is 4. The van der Waals surface area contributed by atoms with Gasteiger partial charge in [0.25, 0.3) is 5.91 Å².